The third kappa shape index (κ3) is 2.62. The standard InChI is InChI=1S/C25H22O3/c1-2-27-20-12-6-5-10-18(20)24-23-17-9-4-3-8-16(17)14-15-22(23)28-21-13-7-11-19(26)25(21)24/h3-6,8-10,12,14-15,24H,2,7,11,13H2,1H3. The van der Waals surface area contributed by atoms with Gasteiger partial charge in [-0.3, -0.25) is 4.79 Å². The monoisotopic (exact) mass is 370 g/mol. The molecule has 0 N–H and O–H groups in total. The molecule has 1 unspecified atom stereocenters. The second-order valence-electron chi connectivity index (χ2n) is 7.32. The zero-order valence-corrected chi connectivity index (χ0v) is 15.9. The minimum atomic E-state index is -0.166. The van der Waals surface area contributed by atoms with E-state index in [1.807, 2.05) is 43.3 Å². The highest BCUT2D eigenvalue weighted by molar-refractivity contribution is 6.02. The Morgan fingerprint density at radius 1 is 1.00 bits per heavy atom. The van der Waals surface area contributed by atoms with Crippen LogP contribution < -0.4 is 9.47 Å². The highest BCUT2D eigenvalue weighted by atomic mass is 16.5. The van der Waals surface area contributed by atoms with Crippen LogP contribution in [0.15, 0.2) is 72.0 Å². The lowest BCUT2D eigenvalue weighted by molar-refractivity contribution is -0.116. The summed E-state index contributed by atoms with van der Waals surface area (Å²) < 4.78 is 12.2. The average Bonchev–Trinajstić information content (AvgIpc) is 2.73. The SMILES string of the molecule is CCOc1ccccc1C1C2=C(CCCC2=O)Oc2ccc3ccccc3c21. The molecule has 0 aromatic heterocycles. The van der Waals surface area contributed by atoms with Gasteiger partial charge in [0.2, 0.25) is 0 Å². The van der Waals surface area contributed by atoms with E-state index in [0.29, 0.717) is 13.0 Å². The fraction of sp³-hybridized carbons (Fsp3) is 0.240. The van der Waals surface area contributed by atoms with Crippen LogP contribution in [-0.2, 0) is 4.79 Å². The van der Waals surface area contributed by atoms with E-state index in [1.54, 1.807) is 0 Å². The number of benzene rings is 3. The summed E-state index contributed by atoms with van der Waals surface area (Å²) in [5.74, 6) is 2.54. The third-order valence-corrected chi connectivity index (χ3v) is 5.68. The van der Waals surface area contributed by atoms with Gasteiger partial charge in [-0.2, -0.15) is 0 Å². The van der Waals surface area contributed by atoms with Gasteiger partial charge in [0.15, 0.2) is 5.78 Å². The van der Waals surface area contributed by atoms with Crippen molar-refractivity contribution in [3.05, 3.63) is 83.1 Å². The number of ether oxygens (including phenoxy) is 2. The van der Waals surface area contributed by atoms with Gasteiger partial charge in [-0.05, 0) is 36.2 Å². The number of allylic oxidation sites excluding steroid dienone is 2. The summed E-state index contributed by atoms with van der Waals surface area (Å²) in [7, 11) is 0. The van der Waals surface area contributed by atoms with Crippen molar-refractivity contribution >= 4 is 16.6 Å². The molecule has 0 radical (unpaired) electrons. The Morgan fingerprint density at radius 2 is 1.82 bits per heavy atom. The lowest BCUT2D eigenvalue weighted by Gasteiger charge is -2.34. The van der Waals surface area contributed by atoms with Crippen molar-refractivity contribution in [3.63, 3.8) is 0 Å². The van der Waals surface area contributed by atoms with Crippen LogP contribution in [0.1, 0.15) is 43.2 Å². The van der Waals surface area contributed by atoms with E-state index in [1.165, 1.54) is 0 Å². The zero-order chi connectivity index (χ0) is 19.1. The number of carbonyl (C=O) groups is 1. The summed E-state index contributed by atoms with van der Waals surface area (Å²) in [6.07, 6.45) is 2.23. The van der Waals surface area contributed by atoms with Gasteiger partial charge in [0, 0.05) is 35.5 Å². The van der Waals surface area contributed by atoms with Gasteiger partial charge in [0.1, 0.15) is 17.3 Å². The fourth-order valence-corrected chi connectivity index (χ4v) is 4.52. The predicted molar refractivity (Wildman–Crippen MR) is 110 cm³/mol. The first-order valence-electron chi connectivity index (χ1n) is 9.95. The predicted octanol–water partition coefficient (Wildman–Crippen LogP) is 5.77. The summed E-state index contributed by atoms with van der Waals surface area (Å²) >= 11 is 0. The molecule has 0 saturated heterocycles. The first-order valence-corrected chi connectivity index (χ1v) is 9.95. The van der Waals surface area contributed by atoms with Crippen molar-refractivity contribution in [1.29, 1.82) is 0 Å². The lowest BCUT2D eigenvalue weighted by Crippen LogP contribution is -2.26. The van der Waals surface area contributed by atoms with Crippen LogP contribution in [0.4, 0.5) is 0 Å². The molecule has 1 aliphatic heterocycles. The molecule has 140 valence electrons. The van der Waals surface area contributed by atoms with Crippen molar-refractivity contribution in [3.8, 4) is 11.5 Å². The molecule has 3 heteroatoms. The molecule has 3 nitrogen and oxygen atoms in total. The van der Waals surface area contributed by atoms with Crippen LogP contribution >= 0.6 is 0 Å². The van der Waals surface area contributed by atoms with Gasteiger partial charge in [-0.15, -0.1) is 0 Å². The molecular formula is C25H22O3. The number of rotatable bonds is 3. The van der Waals surface area contributed by atoms with Gasteiger partial charge >= 0.3 is 0 Å². The molecule has 1 atom stereocenters. The van der Waals surface area contributed by atoms with Crippen LogP contribution in [0.5, 0.6) is 11.5 Å². The smallest absolute Gasteiger partial charge is 0.163 e. The van der Waals surface area contributed by atoms with Gasteiger partial charge in [-0.1, -0.05) is 48.5 Å². The normalized spacial score (nSPS) is 18.5. The first-order chi connectivity index (χ1) is 13.8. The Morgan fingerprint density at radius 3 is 2.71 bits per heavy atom. The van der Waals surface area contributed by atoms with Gasteiger partial charge in [-0.25, -0.2) is 0 Å². The van der Waals surface area contributed by atoms with Gasteiger partial charge in [0.25, 0.3) is 0 Å². The molecule has 0 bridgehead atoms. The van der Waals surface area contributed by atoms with Crippen molar-refractivity contribution in [2.24, 2.45) is 0 Å². The third-order valence-electron chi connectivity index (χ3n) is 5.68. The largest absolute Gasteiger partial charge is 0.494 e. The highest BCUT2D eigenvalue weighted by Gasteiger charge is 2.38. The maximum Gasteiger partial charge on any atom is 0.163 e. The molecule has 1 heterocycles. The molecular weight excluding hydrogens is 348 g/mol. The molecule has 5 rings (SSSR count). The van der Waals surface area contributed by atoms with E-state index in [9.17, 15) is 4.79 Å². The fourth-order valence-electron chi connectivity index (χ4n) is 4.52. The Bertz CT molecular complexity index is 1110. The lowest BCUT2D eigenvalue weighted by atomic mass is 9.75. The van der Waals surface area contributed by atoms with Crippen molar-refractivity contribution < 1.29 is 14.3 Å². The Kier molecular flexibility index (Phi) is 4.16. The van der Waals surface area contributed by atoms with Crippen molar-refractivity contribution in [2.75, 3.05) is 6.61 Å². The second kappa shape index (κ2) is 6.83. The minimum absolute atomic E-state index is 0.166. The summed E-state index contributed by atoms with van der Waals surface area (Å²) in [5, 5.41) is 2.28. The summed E-state index contributed by atoms with van der Waals surface area (Å²) in [6, 6.07) is 20.5. The molecule has 28 heavy (non-hydrogen) atoms. The van der Waals surface area contributed by atoms with E-state index < -0.39 is 0 Å². The van der Waals surface area contributed by atoms with E-state index in [4.69, 9.17) is 9.47 Å². The number of fused-ring (bicyclic) bond motifs is 3. The number of Topliss-reactive ketones (excluding diaryl/α,β-unsaturated/α-hetero) is 1. The molecule has 0 spiro atoms. The van der Waals surface area contributed by atoms with Crippen molar-refractivity contribution in [2.45, 2.75) is 32.1 Å². The Balaban J connectivity index is 1.83. The number of carbonyl (C=O) groups excluding carboxylic acids is 1. The Labute approximate surface area is 164 Å². The van der Waals surface area contributed by atoms with Crippen LogP contribution in [0.3, 0.4) is 0 Å². The van der Waals surface area contributed by atoms with E-state index in [0.717, 1.165) is 57.6 Å². The zero-order valence-electron chi connectivity index (χ0n) is 15.9. The molecule has 0 saturated carbocycles. The van der Waals surface area contributed by atoms with Gasteiger partial charge < -0.3 is 9.47 Å². The highest BCUT2D eigenvalue weighted by Crippen LogP contribution is 2.50. The van der Waals surface area contributed by atoms with Crippen LogP contribution in [0.25, 0.3) is 10.8 Å². The Hall–Kier alpha value is -3.07. The second-order valence-corrected chi connectivity index (χ2v) is 7.32. The molecule has 0 fully saturated rings. The number of hydrogen-bond donors (Lipinski definition) is 0. The minimum Gasteiger partial charge on any atom is -0.494 e. The molecule has 3 aromatic rings. The number of ketones is 1. The van der Waals surface area contributed by atoms with E-state index in [-0.39, 0.29) is 11.7 Å². The average molecular weight is 370 g/mol. The summed E-state index contributed by atoms with van der Waals surface area (Å²) in [5.41, 5.74) is 2.91. The number of para-hydroxylation sites is 1. The summed E-state index contributed by atoms with van der Waals surface area (Å²) in [6.45, 7) is 2.57. The van der Waals surface area contributed by atoms with Crippen LogP contribution in [-0.4, -0.2) is 12.4 Å². The molecule has 0 amide bonds. The van der Waals surface area contributed by atoms with Crippen molar-refractivity contribution in [1.82, 2.24) is 0 Å². The van der Waals surface area contributed by atoms with Gasteiger partial charge in [0.05, 0.1) is 6.61 Å². The summed E-state index contributed by atoms with van der Waals surface area (Å²) in [4.78, 5) is 13.0. The molecule has 2 aliphatic rings. The maximum absolute atomic E-state index is 13.0. The topological polar surface area (TPSA) is 35.5 Å². The quantitative estimate of drug-likeness (QED) is 0.587. The molecule has 3 aromatic carbocycles. The van der Waals surface area contributed by atoms with Crippen LogP contribution in [0, 0.1) is 0 Å². The first kappa shape index (κ1) is 17.1. The number of hydrogen-bond acceptors (Lipinski definition) is 3. The van der Waals surface area contributed by atoms with E-state index >= 15 is 0 Å². The maximum atomic E-state index is 13.0. The van der Waals surface area contributed by atoms with Crippen LogP contribution in [0.2, 0.25) is 0 Å². The molecule has 1 aliphatic carbocycles. The van der Waals surface area contributed by atoms with E-state index in [2.05, 4.69) is 24.3 Å².